The third-order valence-corrected chi connectivity index (χ3v) is 1.73. The van der Waals surface area contributed by atoms with Crippen LogP contribution in [0.5, 0.6) is 0 Å². The predicted octanol–water partition coefficient (Wildman–Crippen LogP) is 0.958. The van der Waals surface area contributed by atoms with Crippen molar-refractivity contribution in [2.45, 2.75) is 19.9 Å². The van der Waals surface area contributed by atoms with Gasteiger partial charge in [-0.05, 0) is 26.0 Å². The molecule has 0 saturated heterocycles. The van der Waals surface area contributed by atoms with Gasteiger partial charge in [0.25, 0.3) is 0 Å². The molecular formula is C11H20N2O2. The van der Waals surface area contributed by atoms with Crippen LogP contribution in [0.3, 0.4) is 0 Å². The molecule has 0 spiro atoms. The second-order valence-corrected chi connectivity index (χ2v) is 3.07. The summed E-state index contributed by atoms with van der Waals surface area (Å²) in [4.78, 5) is 22.3. The lowest BCUT2D eigenvalue weighted by molar-refractivity contribution is -0.126. The van der Waals surface area contributed by atoms with Crippen LogP contribution in [0.4, 0.5) is 0 Å². The molecule has 86 valence electrons. The van der Waals surface area contributed by atoms with E-state index in [9.17, 15) is 9.59 Å². The third kappa shape index (κ3) is 8.74. The van der Waals surface area contributed by atoms with Gasteiger partial charge in [-0.3, -0.25) is 9.59 Å². The van der Waals surface area contributed by atoms with Gasteiger partial charge in [-0.2, -0.15) is 0 Å². The van der Waals surface area contributed by atoms with Crippen LogP contribution < -0.4 is 5.32 Å². The molecule has 1 N–H and O–H groups in total. The van der Waals surface area contributed by atoms with E-state index in [1.54, 1.807) is 19.0 Å². The molecule has 0 aliphatic heterocycles. The van der Waals surface area contributed by atoms with Gasteiger partial charge in [0, 0.05) is 20.1 Å². The van der Waals surface area contributed by atoms with E-state index in [4.69, 9.17) is 0 Å². The highest BCUT2D eigenvalue weighted by molar-refractivity contribution is 5.87. The van der Waals surface area contributed by atoms with Crippen molar-refractivity contribution in [2.24, 2.45) is 0 Å². The van der Waals surface area contributed by atoms with Crippen molar-refractivity contribution in [1.29, 1.82) is 0 Å². The Balaban J connectivity index is 0. The van der Waals surface area contributed by atoms with E-state index in [2.05, 4.69) is 18.5 Å². The molecule has 0 rings (SSSR count). The quantitative estimate of drug-likeness (QED) is 0.708. The fourth-order valence-corrected chi connectivity index (χ4v) is 0.501. The monoisotopic (exact) mass is 212 g/mol. The summed E-state index contributed by atoms with van der Waals surface area (Å²) in [6.45, 7) is 10.5. The Kier molecular flexibility index (Phi) is 9.52. The average Bonchev–Trinajstić information content (AvgIpc) is 2.26. The molecule has 0 unspecified atom stereocenters. The Morgan fingerprint density at radius 2 is 1.73 bits per heavy atom. The smallest absolute Gasteiger partial charge is 0.245 e. The maximum atomic E-state index is 10.8. The predicted molar refractivity (Wildman–Crippen MR) is 62.4 cm³/mol. The summed E-state index contributed by atoms with van der Waals surface area (Å²) in [7, 11) is 3.32. The minimum atomic E-state index is -0.144. The molecule has 0 aromatic carbocycles. The molecule has 0 fully saturated rings. The highest BCUT2D eigenvalue weighted by atomic mass is 16.2. The van der Waals surface area contributed by atoms with Gasteiger partial charge in [-0.1, -0.05) is 13.2 Å². The Labute approximate surface area is 91.6 Å². The molecule has 0 radical (unpaired) electrons. The summed E-state index contributed by atoms with van der Waals surface area (Å²) in [6.07, 6.45) is 2.54. The van der Waals surface area contributed by atoms with Crippen LogP contribution in [0, 0.1) is 0 Å². The minimum Gasteiger partial charge on any atom is -0.356 e. The molecule has 4 nitrogen and oxygen atoms in total. The van der Waals surface area contributed by atoms with Crippen LogP contribution in [-0.2, 0) is 9.59 Å². The van der Waals surface area contributed by atoms with Crippen LogP contribution >= 0.6 is 0 Å². The van der Waals surface area contributed by atoms with E-state index in [0.717, 1.165) is 0 Å². The van der Waals surface area contributed by atoms with E-state index < -0.39 is 0 Å². The number of nitrogens with one attached hydrogen (secondary N) is 1. The number of carbonyl (C=O) groups excluding carboxylic acids is 2. The Hall–Kier alpha value is -1.58. The molecular weight excluding hydrogens is 192 g/mol. The lowest BCUT2D eigenvalue weighted by Gasteiger charge is -2.18. The van der Waals surface area contributed by atoms with E-state index >= 15 is 0 Å². The third-order valence-electron chi connectivity index (χ3n) is 1.73. The largest absolute Gasteiger partial charge is 0.356 e. The number of hydrogen-bond donors (Lipinski definition) is 1. The van der Waals surface area contributed by atoms with Crippen LogP contribution in [0.15, 0.2) is 25.3 Å². The van der Waals surface area contributed by atoms with Crippen LogP contribution in [-0.4, -0.2) is 36.9 Å². The summed E-state index contributed by atoms with van der Waals surface area (Å²) >= 11 is 0. The highest BCUT2D eigenvalue weighted by Crippen LogP contribution is 1.93. The van der Waals surface area contributed by atoms with Crippen molar-refractivity contribution in [3.8, 4) is 0 Å². The topological polar surface area (TPSA) is 49.4 Å². The van der Waals surface area contributed by atoms with E-state index in [1.807, 2.05) is 13.8 Å². The van der Waals surface area contributed by atoms with Gasteiger partial charge in [0.1, 0.15) is 0 Å². The number of rotatable bonds is 3. The Morgan fingerprint density at radius 1 is 1.27 bits per heavy atom. The first-order chi connectivity index (χ1) is 6.90. The van der Waals surface area contributed by atoms with Gasteiger partial charge in [-0.25, -0.2) is 0 Å². The Bertz CT molecular complexity index is 235. The number of carbonyl (C=O) groups is 2. The fraction of sp³-hybridized carbons (Fsp3) is 0.455. The molecule has 0 aromatic rings. The zero-order valence-corrected chi connectivity index (χ0v) is 9.91. The molecule has 0 aromatic heterocycles. The average molecular weight is 212 g/mol. The first kappa shape index (κ1) is 15.9. The SMILES string of the molecule is C=CC(=O)N(C)C(C)C.C=CC(=O)NC. The lowest BCUT2D eigenvalue weighted by Crippen LogP contribution is -2.31. The summed E-state index contributed by atoms with van der Waals surface area (Å²) in [5.74, 6) is -0.167. The molecule has 0 aliphatic rings. The number of nitrogens with zero attached hydrogens (tertiary/aromatic N) is 1. The van der Waals surface area contributed by atoms with Crippen molar-refractivity contribution < 1.29 is 9.59 Å². The zero-order chi connectivity index (χ0) is 12.4. The molecule has 0 saturated carbocycles. The highest BCUT2D eigenvalue weighted by Gasteiger charge is 2.05. The van der Waals surface area contributed by atoms with Gasteiger partial charge < -0.3 is 10.2 Å². The molecule has 0 bridgehead atoms. The van der Waals surface area contributed by atoms with Crippen molar-refractivity contribution in [1.82, 2.24) is 10.2 Å². The second-order valence-electron chi connectivity index (χ2n) is 3.07. The number of hydrogen-bond acceptors (Lipinski definition) is 2. The summed E-state index contributed by atoms with van der Waals surface area (Å²) < 4.78 is 0. The lowest BCUT2D eigenvalue weighted by atomic mass is 10.3. The van der Waals surface area contributed by atoms with Crippen molar-refractivity contribution in [3.05, 3.63) is 25.3 Å². The molecule has 2 amide bonds. The van der Waals surface area contributed by atoms with Crippen molar-refractivity contribution in [2.75, 3.05) is 14.1 Å². The maximum absolute atomic E-state index is 10.8. The Morgan fingerprint density at radius 3 is 1.80 bits per heavy atom. The van der Waals surface area contributed by atoms with Gasteiger partial charge in [0.15, 0.2) is 0 Å². The molecule has 0 atom stereocenters. The number of likely N-dealkylation sites (N-methyl/N-ethyl adjacent to an activating group) is 2. The molecule has 0 heterocycles. The molecule has 4 heteroatoms. The summed E-state index contributed by atoms with van der Waals surface area (Å²) in [6, 6.07) is 0.260. The molecule has 0 aliphatic carbocycles. The van der Waals surface area contributed by atoms with E-state index in [-0.39, 0.29) is 17.9 Å². The second kappa shape index (κ2) is 8.99. The van der Waals surface area contributed by atoms with E-state index in [1.165, 1.54) is 12.2 Å². The zero-order valence-electron chi connectivity index (χ0n) is 9.91. The van der Waals surface area contributed by atoms with Crippen LogP contribution in [0.25, 0.3) is 0 Å². The van der Waals surface area contributed by atoms with E-state index in [0.29, 0.717) is 0 Å². The van der Waals surface area contributed by atoms with Gasteiger partial charge >= 0.3 is 0 Å². The minimum absolute atomic E-state index is 0.0231. The van der Waals surface area contributed by atoms with Gasteiger partial charge in [0.2, 0.25) is 11.8 Å². The van der Waals surface area contributed by atoms with Crippen LogP contribution in [0.2, 0.25) is 0 Å². The maximum Gasteiger partial charge on any atom is 0.245 e. The summed E-state index contributed by atoms with van der Waals surface area (Å²) in [5, 5.41) is 2.36. The normalized spacial score (nSPS) is 8.33. The van der Waals surface area contributed by atoms with Crippen LogP contribution in [0.1, 0.15) is 13.8 Å². The first-order valence-corrected chi connectivity index (χ1v) is 4.64. The summed E-state index contributed by atoms with van der Waals surface area (Å²) in [5.41, 5.74) is 0. The van der Waals surface area contributed by atoms with Crippen molar-refractivity contribution in [3.63, 3.8) is 0 Å². The van der Waals surface area contributed by atoms with Crippen molar-refractivity contribution >= 4 is 11.8 Å². The first-order valence-electron chi connectivity index (χ1n) is 4.64. The molecule has 15 heavy (non-hydrogen) atoms. The number of amides is 2. The van der Waals surface area contributed by atoms with Gasteiger partial charge in [-0.15, -0.1) is 0 Å². The van der Waals surface area contributed by atoms with Gasteiger partial charge in [0.05, 0.1) is 0 Å². The standard InChI is InChI=1S/C7H13NO.C4H7NO/c1-5-7(9)8(4)6(2)3;1-3-4(6)5-2/h5-6H,1H2,2-4H3;3H,1H2,2H3,(H,5,6). The fourth-order valence-electron chi connectivity index (χ4n) is 0.501.